The smallest absolute Gasteiger partial charge is 0.324 e. The molecule has 3 amide bonds. The van der Waals surface area contributed by atoms with E-state index in [2.05, 4.69) is 25.6 Å². The van der Waals surface area contributed by atoms with Crippen LogP contribution in [0.15, 0.2) is 79.3 Å². The van der Waals surface area contributed by atoms with Gasteiger partial charge in [-0.15, -0.1) is 0 Å². The number of ether oxygens (including phenoxy) is 1. The third kappa shape index (κ3) is 5.56. The number of nitrogens with one attached hydrogen (secondary N) is 2. The first-order chi connectivity index (χ1) is 20.6. The molecule has 0 spiro atoms. The van der Waals surface area contributed by atoms with E-state index in [1.807, 2.05) is 60.7 Å². The van der Waals surface area contributed by atoms with Crippen molar-refractivity contribution in [1.29, 1.82) is 0 Å². The lowest BCUT2D eigenvalue weighted by atomic mass is 10.2. The van der Waals surface area contributed by atoms with Crippen LogP contribution in [-0.4, -0.2) is 43.2 Å². The van der Waals surface area contributed by atoms with Crippen LogP contribution in [0.3, 0.4) is 0 Å². The minimum atomic E-state index is -0.428. The van der Waals surface area contributed by atoms with Crippen molar-refractivity contribution < 1.29 is 14.3 Å². The van der Waals surface area contributed by atoms with Gasteiger partial charge < -0.3 is 10.1 Å². The number of rotatable bonds is 8. The highest BCUT2D eigenvalue weighted by Gasteiger charge is 2.28. The second-order valence-electron chi connectivity index (χ2n) is 10.1. The molecule has 11 nitrogen and oxygen atoms in total. The van der Waals surface area contributed by atoms with Crippen molar-refractivity contribution in [1.82, 2.24) is 24.7 Å². The number of urea groups is 1. The van der Waals surface area contributed by atoms with E-state index in [0.29, 0.717) is 29.6 Å². The topological polar surface area (TPSA) is 127 Å². The number of para-hydroxylation sites is 1. The van der Waals surface area contributed by atoms with E-state index < -0.39 is 6.03 Å². The molecule has 7 rings (SSSR count). The molecular weight excluding hydrogens is 552 g/mol. The van der Waals surface area contributed by atoms with Crippen molar-refractivity contribution in [3.05, 3.63) is 84.9 Å². The number of nitrogens with zero attached hydrogens (tertiary/aromatic N) is 6. The predicted octanol–water partition coefficient (Wildman–Crippen LogP) is 6.23. The molecule has 3 aromatic heterocycles. The minimum absolute atomic E-state index is 0.125. The summed E-state index contributed by atoms with van der Waals surface area (Å²) in [7, 11) is 0. The molecule has 1 saturated heterocycles. The number of aromatic nitrogens is 5. The highest BCUT2D eigenvalue weighted by atomic mass is 32.1. The zero-order chi connectivity index (χ0) is 28.5. The second kappa shape index (κ2) is 11.1. The van der Waals surface area contributed by atoms with Gasteiger partial charge in [0.05, 0.1) is 34.3 Å². The van der Waals surface area contributed by atoms with E-state index in [-0.39, 0.29) is 11.9 Å². The number of thiazole rings is 1. The maximum absolute atomic E-state index is 12.8. The summed E-state index contributed by atoms with van der Waals surface area (Å²) in [6, 6.07) is 18.8. The summed E-state index contributed by atoms with van der Waals surface area (Å²) in [4.78, 5) is 40.4. The molecule has 210 valence electrons. The lowest BCUT2D eigenvalue weighted by molar-refractivity contribution is -0.117. The third-order valence-corrected chi connectivity index (χ3v) is 8.07. The summed E-state index contributed by atoms with van der Waals surface area (Å²) >= 11 is 1.49. The van der Waals surface area contributed by atoms with Crippen molar-refractivity contribution in [2.75, 3.05) is 22.1 Å². The molecule has 2 aliphatic rings. The van der Waals surface area contributed by atoms with E-state index >= 15 is 0 Å². The van der Waals surface area contributed by atoms with Gasteiger partial charge in [0.25, 0.3) is 0 Å². The number of carbonyl (C=O) groups is 2. The molecule has 1 saturated carbocycles. The van der Waals surface area contributed by atoms with Crippen molar-refractivity contribution in [3.8, 4) is 27.9 Å². The van der Waals surface area contributed by atoms with Gasteiger partial charge in [-0.3, -0.25) is 15.0 Å². The molecular formula is C30H26N8O3S. The van der Waals surface area contributed by atoms with E-state index in [9.17, 15) is 9.59 Å². The van der Waals surface area contributed by atoms with E-state index in [0.717, 1.165) is 52.8 Å². The molecule has 2 aromatic carbocycles. The van der Waals surface area contributed by atoms with Gasteiger partial charge in [-0.2, -0.15) is 5.10 Å². The Morgan fingerprint density at radius 3 is 2.45 bits per heavy atom. The second-order valence-corrected chi connectivity index (χ2v) is 11.1. The largest absolute Gasteiger partial charge is 0.424 e. The molecule has 12 heteroatoms. The van der Waals surface area contributed by atoms with E-state index in [1.165, 1.54) is 23.7 Å². The molecule has 0 bridgehead atoms. The molecule has 2 N–H and O–H groups in total. The summed E-state index contributed by atoms with van der Waals surface area (Å²) in [5, 5.41) is 11.1. The molecule has 1 aliphatic carbocycles. The van der Waals surface area contributed by atoms with Crippen LogP contribution in [0.2, 0.25) is 0 Å². The Bertz CT molecular complexity index is 1730. The average Bonchev–Trinajstić information content (AvgIpc) is 3.37. The number of amides is 3. The van der Waals surface area contributed by atoms with Gasteiger partial charge in [0.2, 0.25) is 5.91 Å². The highest BCUT2D eigenvalue weighted by Crippen LogP contribution is 2.40. The number of carbonyl (C=O) groups excluding carboxylic acids is 2. The van der Waals surface area contributed by atoms with Gasteiger partial charge in [-0.25, -0.2) is 24.4 Å². The first-order valence-electron chi connectivity index (χ1n) is 13.7. The fourth-order valence-corrected chi connectivity index (χ4v) is 5.68. The predicted molar refractivity (Wildman–Crippen MR) is 159 cm³/mol. The monoisotopic (exact) mass is 578 g/mol. The van der Waals surface area contributed by atoms with Gasteiger partial charge in [0, 0.05) is 31.1 Å². The summed E-state index contributed by atoms with van der Waals surface area (Å²) < 4.78 is 7.54. The van der Waals surface area contributed by atoms with Crippen LogP contribution in [-0.2, 0) is 4.79 Å². The van der Waals surface area contributed by atoms with Gasteiger partial charge in [-0.05, 0) is 61.2 Å². The van der Waals surface area contributed by atoms with Crippen LogP contribution < -0.4 is 20.3 Å². The van der Waals surface area contributed by atoms with Gasteiger partial charge >= 0.3 is 12.0 Å². The van der Waals surface area contributed by atoms with Crippen LogP contribution in [0, 0.1) is 0 Å². The SMILES string of the molecule is O=C(Nc1cnc(Oc2ccc(-c3cnc(N4CCCC4=O)s3)cc2)nc1)Nc1cc(C2CC2)nn1-c1ccccc1. The zero-order valence-corrected chi connectivity index (χ0v) is 23.3. The van der Waals surface area contributed by atoms with Crippen LogP contribution in [0.5, 0.6) is 11.8 Å². The Morgan fingerprint density at radius 1 is 0.952 bits per heavy atom. The molecule has 2 fully saturated rings. The molecule has 1 aliphatic heterocycles. The number of hydrogen-bond donors (Lipinski definition) is 2. The molecule has 4 heterocycles. The first-order valence-corrected chi connectivity index (χ1v) is 14.5. The van der Waals surface area contributed by atoms with Crippen LogP contribution in [0.4, 0.5) is 21.4 Å². The maximum Gasteiger partial charge on any atom is 0.324 e. The first kappa shape index (κ1) is 25.8. The van der Waals surface area contributed by atoms with Crippen LogP contribution >= 0.6 is 11.3 Å². The molecule has 5 aromatic rings. The fraction of sp³-hybridized carbons (Fsp3) is 0.200. The van der Waals surface area contributed by atoms with Crippen molar-refractivity contribution in [2.45, 2.75) is 31.6 Å². The fourth-order valence-electron chi connectivity index (χ4n) is 4.71. The Morgan fingerprint density at radius 2 is 1.74 bits per heavy atom. The highest BCUT2D eigenvalue weighted by molar-refractivity contribution is 7.19. The standard InChI is InChI=1S/C30H26N8O3S/c39-27-7-4-14-37(27)30-33-18-25(42-30)20-10-12-23(13-11-20)41-29-31-16-21(17-32-29)34-28(40)35-26-15-24(19-8-9-19)36-38(26)22-5-2-1-3-6-22/h1-3,5-6,10-13,15-19H,4,7-9,14H2,(H2,34,35,40). The zero-order valence-electron chi connectivity index (χ0n) is 22.4. The number of benzene rings is 2. The van der Waals surface area contributed by atoms with E-state index in [4.69, 9.17) is 9.84 Å². The van der Waals surface area contributed by atoms with Crippen molar-refractivity contribution in [3.63, 3.8) is 0 Å². The van der Waals surface area contributed by atoms with Crippen LogP contribution in [0.25, 0.3) is 16.1 Å². The summed E-state index contributed by atoms with van der Waals surface area (Å²) in [6.45, 7) is 0.721. The van der Waals surface area contributed by atoms with Gasteiger partial charge in [0.15, 0.2) is 5.13 Å². The molecule has 42 heavy (non-hydrogen) atoms. The lowest BCUT2D eigenvalue weighted by Crippen LogP contribution is -2.23. The molecule has 0 atom stereocenters. The molecule has 0 unspecified atom stereocenters. The van der Waals surface area contributed by atoms with E-state index in [1.54, 1.807) is 15.8 Å². The Balaban J connectivity index is 0.970. The van der Waals surface area contributed by atoms with Gasteiger partial charge in [-0.1, -0.05) is 29.5 Å². The van der Waals surface area contributed by atoms with Crippen molar-refractivity contribution in [2.24, 2.45) is 0 Å². The Hall–Kier alpha value is -5.10. The normalized spacial score (nSPS) is 14.7. The maximum atomic E-state index is 12.8. The Labute approximate surface area is 245 Å². The summed E-state index contributed by atoms with van der Waals surface area (Å²) in [5.74, 6) is 1.73. The number of anilines is 3. The summed E-state index contributed by atoms with van der Waals surface area (Å²) in [5.41, 5.74) is 3.23. The van der Waals surface area contributed by atoms with Gasteiger partial charge in [0.1, 0.15) is 11.6 Å². The molecule has 0 radical (unpaired) electrons. The summed E-state index contributed by atoms with van der Waals surface area (Å²) in [6.07, 6.45) is 8.43. The third-order valence-electron chi connectivity index (χ3n) is 7.00. The lowest BCUT2D eigenvalue weighted by Gasteiger charge is -2.10. The minimum Gasteiger partial charge on any atom is -0.424 e. The average molecular weight is 579 g/mol. The number of hydrogen-bond acceptors (Lipinski definition) is 8. The van der Waals surface area contributed by atoms with Crippen LogP contribution in [0.1, 0.15) is 37.3 Å². The van der Waals surface area contributed by atoms with Crippen molar-refractivity contribution >= 4 is 39.9 Å². The quantitative estimate of drug-likeness (QED) is 0.224. The Kier molecular flexibility index (Phi) is 6.80.